The van der Waals surface area contributed by atoms with Crippen LogP contribution in [-0.4, -0.2) is 29.0 Å². The lowest BCUT2D eigenvalue weighted by molar-refractivity contribution is 0.0900. The first kappa shape index (κ1) is 12.9. The van der Waals surface area contributed by atoms with Gasteiger partial charge in [-0.2, -0.15) is 10.4 Å². The average Bonchev–Trinajstić information content (AvgIpc) is 2.90. The van der Waals surface area contributed by atoms with Crippen molar-refractivity contribution in [3.63, 3.8) is 0 Å². The number of aryl methyl sites for hydroxylation is 2. The molecule has 0 aromatic carbocycles. The highest BCUT2D eigenvalue weighted by Gasteiger charge is 2.27. The van der Waals surface area contributed by atoms with Gasteiger partial charge in [0.1, 0.15) is 17.5 Å². The second-order valence-electron chi connectivity index (χ2n) is 4.79. The number of hydrogen-bond acceptors (Lipinski definition) is 4. The van der Waals surface area contributed by atoms with Crippen LogP contribution < -0.4 is 5.32 Å². The Kier molecular flexibility index (Phi) is 3.87. The number of nitrogens with one attached hydrogen (secondary N) is 1. The minimum atomic E-state index is 0.345. The molecule has 2 rings (SSSR count). The zero-order valence-corrected chi connectivity index (χ0v) is 11.2. The summed E-state index contributed by atoms with van der Waals surface area (Å²) in [5, 5.41) is 16.8. The fourth-order valence-electron chi connectivity index (χ4n) is 2.60. The molecule has 0 bridgehead atoms. The van der Waals surface area contributed by atoms with E-state index in [4.69, 9.17) is 10.00 Å². The molecule has 0 aliphatic carbocycles. The van der Waals surface area contributed by atoms with E-state index in [1.165, 1.54) is 0 Å². The molecule has 0 spiro atoms. The van der Waals surface area contributed by atoms with Gasteiger partial charge in [-0.25, -0.2) is 0 Å². The summed E-state index contributed by atoms with van der Waals surface area (Å²) in [6, 6.07) is 2.21. The lowest BCUT2D eigenvalue weighted by Gasteiger charge is -2.18. The van der Waals surface area contributed by atoms with Crippen LogP contribution in [0.1, 0.15) is 31.0 Å². The summed E-state index contributed by atoms with van der Waals surface area (Å²) >= 11 is 0. The van der Waals surface area contributed by atoms with Gasteiger partial charge in [0.15, 0.2) is 0 Å². The van der Waals surface area contributed by atoms with Crippen LogP contribution in [0.25, 0.3) is 0 Å². The normalized spacial score (nSPS) is 23.0. The van der Waals surface area contributed by atoms with Gasteiger partial charge in [0.25, 0.3) is 0 Å². The molecule has 2 unspecified atom stereocenters. The summed E-state index contributed by atoms with van der Waals surface area (Å²) in [7, 11) is 1.86. The van der Waals surface area contributed by atoms with E-state index in [0.717, 1.165) is 37.5 Å². The average molecular weight is 248 g/mol. The highest BCUT2D eigenvalue weighted by atomic mass is 16.5. The molecule has 1 N–H and O–H groups in total. The number of nitriles is 1. The maximum absolute atomic E-state index is 9.13. The highest BCUT2D eigenvalue weighted by Crippen LogP contribution is 2.25. The van der Waals surface area contributed by atoms with E-state index in [0.29, 0.717) is 17.6 Å². The maximum atomic E-state index is 9.13. The van der Waals surface area contributed by atoms with Crippen molar-refractivity contribution >= 4 is 5.82 Å². The molecular weight excluding hydrogens is 228 g/mol. The largest absolute Gasteiger partial charge is 0.378 e. The monoisotopic (exact) mass is 248 g/mol. The van der Waals surface area contributed by atoms with Crippen molar-refractivity contribution < 1.29 is 4.74 Å². The lowest BCUT2D eigenvalue weighted by atomic mass is 10.00. The third-order valence-corrected chi connectivity index (χ3v) is 3.61. The Morgan fingerprint density at radius 1 is 1.61 bits per heavy atom. The molecule has 0 amide bonds. The molecule has 1 fully saturated rings. The third kappa shape index (κ3) is 2.34. The molecule has 5 nitrogen and oxygen atoms in total. The van der Waals surface area contributed by atoms with Crippen molar-refractivity contribution in [3.8, 4) is 6.07 Å². The summed E-state index contributed by atoms with van der Waals surface area (Å²) in [6.45, 7) is 5.70. The van der Waals surface area contributed by atoms with E-state index in [1.54, 1.807) is 4.68 Å². The van der Waals surface area contributed by atoms with E-state index in [1.807, 2.05) is 14.0 Å². The molecule has 0 radical (unpaired) electrons. The van der Waals surface area contributed by atoms with Crippen molar-refractivity contribution in [2.45, 2.75) is 32.8 Å². The zero-order valence-electron chi connectivity index (χ0n) is 11.2. The quantitative estimate of drug-likeness (QED) is 0.883. The second kappa shape index (κ2) is 5.40. The van der Waals surface area contributed by atoms with Gasteiger partial charge in [-0.3, -0.25) is 4.68 Å². The number of rotatable bonds is 4. The van der Waals surface area contributed by atoms with E-state index in [9.17, 15) is 0 Å². The molecule has 1 aromatic rings. The standard InChI is InChI=1S/C13H20N4O/c1-4-12-10(5-6-18-12)8-15-13-11(7-14)9(2)16-17(13)3/h10,12,15H,4-6,8H2,1-3H3. The van der Waals surface area contributed by atoms with Crippen LogP contribution in [0.4, 0.5) is 5.82 Å². The number of anilines is 1. The van der Waals surface area contributed by atoms with E-state index in [2.05, 4.69) is 23.4 Å². The van der Waals surface area contributed by atoms with E-state index < -0.39 is 0 Å². The summed E-state index contributed by atoms with van der Waals surface area (Å²) < 4.78 is 7.41. The van der Waals surface area contributed by atoms with Crippen molar-refractivity contribution in [3.05, 3.63) is 11.3 Å². The number of hydrogen-bond donors (Lipinski definition) is 1. The first-order valence-electron chi connectivity index (χ1n) is 6.46. The van der Waals surface area contributed by atoms with Gasteiger partial charge >= 0.3 is 0 Å². The van der Waals surface area contributed by atoms with Crippen LogP contribution in [0.15, 0.2) is 0 Å². The molecule has 5 heteroatoms. The predicted molar refractivity (Wildman–Crippen MR) is 69.3 cm³/mol. The van der Waals surface area contributed by atoms with Crippen LogP contribution >= 0.6 is 0 Å². The Bertz CT molecular complexity index is 460. The van der Waals surface area contributed by atoms with Crippen molar-refractivity contribution in [1.29, 1.82) is 5.26 Å². The Hall–Kier alpha value is -1.54. The Morgan fingerprint density at radius 3 is 3.06 bits per heavy atom. The van der Waals surface area contributed by atoms with Crippen LogP contribution in [0.3, 0.4) is 0 Å². The first-order chi connectivity index (χ1) is 8.67. The fourth-order valence-corrected chi connectivity index (χ4v) is 2.60. The first-order valence-corrected chi connectivity index (χ1v) is 6.46. The van der Waals surface area contributed by atoms with E-state index in [-0.39, 0.29) is 0 Å². The molecule has 18 heavy (non-hydrogen) atoms. The second-order valence-corrected chi connectivity index (χ2v) is 4.79. The predicted octanol–water partition coefficient (Wildman–Crippen LogP) is 1.83. The number of nitrogens with zero attached hydrogens (tertiary/aromatic N) is 3. The van der Waals surface area contributed by atoms with Crippen molar-refractivity contribution in [2.24, 2.45) is 13.0 Å². The molecule has 2 atom stereocenters. The smallest absolute Gasteiger partial charge is 0.142 e. The summed E-state index contributed by atoms with van der Waals surface area (Å²) in [4.78, 5) is 0. The van der Waals surface area contributed by atoms with Crippen LogP contribution in [-0.2, 0) is 11.8 Å². The minimum Gasteiger partial charge on any atom is -0.378 e. The lowest BCUT2D eigenvalue weighted by Crippen LogP contribution is -2.23. The minimum absolute atomic E-state index is 0.345. The molecule has 2 heterocycles. The SMILES string of the molecule is CCC1OCCC1CNc1c(C#N)c(C)nn1C. The third-order valence-electron chi connectivity index (χ3n) is 3.61. The molecular formula is C13H20N4O. The topological polar surface area (TPSA) is 62.9 Å². The van der Waals surface area contributed by atoms with Gasteiger partial charge in [0.2, 0.25) is 0 Å². The molecule has 1 aliphatic rings. The highest BCUT2D eigenvalue weighted by molar-refractivity contribution is 5.54. The molecule has 1 saturated heterocycles. The van der Waals surface area contributed by atoms with E-state index >= 15 is 0 Å². The van der Waals surface area contributed by atoms with Gasteiger partial charge in [0, 0.05) is 26.1 Å². The van der Waals surface area contributed by atoms with Gasteiger partial charge in [-0.1, -0.05) is 6.92 Å². The summed E-state index contributed by atoms with van der Waals surface area (Å²) in [6.07, 6.45) is 2.48. The van der Waals surface area contributed by atoms with Gasteiger partial charge in [-0.05, 0) is 19.8 Å². The molecule has 0 saturated carbocycles. The molecule has 1 aliphatic heterocycles. The zero-order chi connectivity index (χ0) is 13.1. The molecule has 98 valence electrons. The van der Waals surface area contributed by atoms with Crippen LogP contribution in [0.2, 0.25) is 0 Å². The van der Waals surface area contributed by atoms with Gasteiger partial charge in [-0.15, -0.1) is 0 Å². The Morgan fingerprint density at radius 2 is 2.39 bits per heavy atom. The van der Waals surface area contributed by atoms with Crippen LogP contribution in [0, 0.1) is 24.2 Å². The summed E-state index contributed by atoms with van der Waals surface area (Å²) in [5.74, 6) is 1.34. The summed E-state index contributed by atoms with van der Waals surface area (Å²) in [5.41, 5.74) is 1.42. The Labute approximate surface area is 108 Å². The van der Waals surface area contributed by atoms with Crippen molar-refractivity contribution in [1.82, 2.24) is 9.78 Å². The maximum Gasteiger partial charge on any atom is 0.142 e. The van der Waals surface area contributed by atoms with Crippen LogP contribution in [0.5, 0.6) is 0 Å². The fraction of sp³-hybridized carbons (Fsp3) is 0.692. The Balaban J connectivity index is 2.04. The van der Waals surface area contributed by atoms with Crippen molar-refractivity contribution in [2.75, 3.05) is 18.5 Å². The van der Waals surface area contributed by atoms with Gasteiger partial charge < -0.3 is 10.1 Å². The number of ether oxygens (including phenoxy) is 1. The number of aromatic nitrogens is 2. The van der Waals surface area contributed by atoms with Gasteiger partial charge in [0.05, 0.1) is 11.8 Å². The molecule has 1 aromatic heterocycles.